The van der Waals surface area contributed by atoms with Crippen LogP contribution in [0.15, 0.2) is 30.5 Å². The molecule has 1 aromatic carbocycles. The van der Waals surface area contributed by atoms with Crippen LogP contribution in [0.1, 0.15) is 30.1 Å². The van der Waals surface area contributed by atoms with E-state index in [0.717, 1.165) is 48.8 Å². The summed E-state index contributed by atoms with van der Waals surface area (Å²) in [6, 6.07) is 7.77. The van der Waals surface area contributed by atoms with E-state index in [1.165, 1.54) is 0 Å². The number of carbonyl (C=O) groups excluding carboxylic acids is 2. The van der Waals surface area contributed by atoms with Crippen LogP contribution in [0.2, 0.25) is 0 Å². The molecule has 0 unspecified atom stereocenters. The molecule has 1 fully saturated rings. The number of ether oxygens (including phenoxy) is 1. The summed E-state index contributed by atoms with van der Waals surface area (Å²) >= 11 is 0. The number of hydrogen-bond acceptors (Lipinski definition) is 5. The van der Waals surface area contributed by atoms with E-state index in [4.69, 9.17) is 4.74 Å². The van der Waals surface area contributed by atoms with Gasteiger partial charge in [-0.15, -0.1) is 0 Å². The largest absolute Gasteiger partial charge is 0.466 e. The van der Waals surface area contributed by atoms with Crippen molar-refractivity contribution in [1.82, 2.24) is 4.98 Å². The summed E-state index contributed by atoms with van der Waals surface area (Å²) in [4.78, 5) is 29.7. The van der Waals surface area contributed by atoms with Crippen LogP contribution < -0.4 is 4.90 Å². The molecule has 0 aliphatic carbocycles. The van der Waals surface area contributed by atoms with Gasteiger partial charge in [0, 0.05) is 35.9 Å². The highest BCUT2D eigenvalue weighted by atomic mass is 16.5. The van der Waals surface area contributed by atoms with Crippen molar-refractivity contribution in [1.29, 1.82) is 0 Å². The van der Waals surface area contributed by atoms with Crippen molar-refractivity contribution >= 4 is 28.8 Å². The Kier molecular flexibility index (Phi) is 4.55. The van der Waals surface area contributed by atoms with Crippen LogP contribution in [0.25, 0.3) is 10.9 Å². The minimum Gasteiger partial charge on any atom is -0.466 e. The zero-order valence-corrected chi connectivity index (χ0v) is 13.2. The number of fused-ring (bicyclic) bond motifs is 1. The number of anilines is 1. The van der Waals surface area contributed by atoms with Gasteiger partial charge in [0.15, 0.2) is 6.29 Å². The summed E-state index contributed by atoms with van der Waals surface area (Å²) < 4.78 is 5.10. The first-order valence-electron chi connectivity index (χ1n) is 7.98. The van der Waals surface area contributed by atoms with Crippen molar-refractivity contribution in [3.63, 3.8) is 0 Å². The zero-order chi connectivity index (χ0) is 16.2. The number of pyridine rings is 1. The quantitative estimate of drug-likeness (QED) is 0.642. The number of aldehydes is 1. The molecule has 0 atom stereocenters. The maximum absolute atomic E-state index is 11.8. The number of carbonyl (C=O) groups is 2. The van der Waals surface area contributed by atoms with Crippen LogP contribution >= 0.6 is 0 Å². The van der Waals surface area contributed by atoms with Crippen molar-refractivity contribution in [2.24, 2.45) is 5.92 Å². The number of rotatable bonds is 4. The minimum absolute atomic E-state index is 0.0149. The lowest BCUT2D eigenvalue weighted by Gasteiger charge is -2.32. The topological polar surface area (TPSA) is 59.5 Å². The van der Waals surface area contributed by atoms with Crippen molar-refractivity contribution in [3.05, 3.63) is 36.0 Å². The van der Waals surface area contributed by atoms with Gasteiger partial charge in [-0.3, -0.25) is 14.6 Å². The highest BCUT2D eigenvalue weighted by Gasteiger charge is 2.26. The van der Waals surface area contributed by atoms with Crippen LogP contribution in [-0.2, 0) is 9.53 Å². The van der Waals surface area contributed by atoms with Crippen LogP contribution in [0.3, 0.4) is 0 Å². The van der Waals surface area contributed by atoms with E-state index in [1.807, 2.05) is 25.1 Å². The third-order valence-corrected chi connectivity index (χ3v) is 4.33. The summed E-state index contributed by atoms with van der Waals surface area (Å²) in [6.07, 6.45) is 4.10. The summed E-state index contributed by atoms with van der Waals surface area (Å²) in [5.74, 6) is -0.109. The number of aromatic nitrogens is 1. The second kappa shape index (κ2) is 6.77. The first-order chi connectivity index (χ1) is 11.2. The van der Waals surface area contributed by atoms with Crippen molar-refractivity contribution in [2.75, 3.05) is 24.6 Å². The Balaban J connectivity index is 1.79. The van der Waals surface area contributed by atoms with E-state index < -0.39 is 0 Å². The van der Waals surface area contributed by atoms with Gasteiger partial charge in [0.2, 0.25) is 0 Å². The molecule has 0 amide bonds. The molecule has 23 heavy (non-hydrogen) atoms. The normalized spacial score (nSPS) is 15.6. The zero-order valence-electron chi connectivity index (χ0n) is 13.2. The molecule has 1 aliphatic heterocycles. The molecular weight excluding hydrogens is 292 g/mol. The summed E-state index contributed by atoms with van der Waals surface area (Å²) in [5, 5.41) is 0.958. The van der Waals surface area contributed by atoms with Gasteiger partial charge in [-0.25, -0.2) is 0 Å². The van der Waals surface area contributed by atoms with Crippen LogP contribution in [0, 0.1) is 5.92 Å². The molecule has 5 nitrogen and oxygen atoms in total. The van der Waals surface area contributed by atoms with Gasteiger partial charge in [-0.1, -0.05) is 6.07 Å². The maximum atomic E-state index is 11.8. The molecule has 2 aromatic rings. The molecule has 0 saturated carbocycles. The lowest BCUT2D eigenvalue weighted by Crippen LogP contribution is -2.37. The third kappa shape index (κ3) is 3.18. The average molecular weight is 312 g/mol. The molecule has 0 N–H and O–H groups in total. The van der Waals surface area contributed by atoms with Gasteiger partial charge in [0.05, 0.1) is 18.0 Å². The summed E-state index contributed by atoms with van der Waals surface area (Å²) in [6.45, 7) is 3.83. The lowest BCUT2D eigenvalue weighted by molar-refractivity contribution is -0.148. The van der Waals surface area contributed by atoms with Gasteiger partial charge in [-0.05, 0) is 38.0 Å². The summed E-state index contributed by atoms with van der Waals surface area (Å²) in [5.41, 5.74) is 2.34. The van der Waals surface area contributed by atoms with Crippen molar-refractivity contribution in [3.8, 4) is 0 Å². The predicted octanol–water partition coefficient (Wildman–Crippen LogP) is 2.83. The highest BCUT2D eigenvalue weighted by Crippen LogP contribution is 2.28. The van der Waals surface area contributed by atoms with E-state index in [-0.39, 0.29) is 11.9 Å². The molecule has 1 saturated heterocycles. The summed E-state index contributed by atoms with van der Waals surface area (Å²) in [7, 11) is 0. The van der Waals surface area contributed by atoms with Crippen molar-refractivity contribution < 1.29 is 14.3 Å². The van der Waals surface area contributed by atoms with Crippen LogP contribution in [0.4, 0.5) is 5.69 Å². The number of nitrogens with zero attached hydrogens (tertiary/aromatic N) is 2. The smallest absolute Gasteiger partial charge is 0.309 e. The Hall–Kier alpha value is -2.43. The Morgan fingerprint density at radius 2 is 2.17 bits per heavy atom. The van der Waals surface area contributed by atoms with Gasteiger partial charge in [-0.2, -0.15) is 0 Å². The van der Waals surface area contributed by atoms with Gasteiger partial charge < -0.3 is 9.64 Å². The van der Waals surface area contributed by atoms with E-state index in [1.54, 1.807) is 6.20 Å². The van der Waals surface area contributed by atoms with Gasteiger partial charge in [0.25, 0.3) is 0 Å². The molecule has 120 valence electrons. The molecule has 1 aromatic heterocycles. The van der Waals surface area contributed by atoms with Crippen LogP contribution in [0.5, 0.6) is 0 Å². The van der Waals surface area contributed by atoms with Crippen molar-refractivity contribution in [2.45, 2.75) is 19.8 Å². The van der Waals surface area contributed by atoms with E-state index >= 15 is 0 Å². The Morgan fingerprint density at radius 1 is 1.39 bits per heavy atom. The number of hydrogen-bond donors (Lipinski definition) is 0. The van der Waals surface area contributed by atoms with E-state index in [0.29, 0.717) is 12.2 Å². The second-order valence-corrected chi connectivity index (χ2v) is 5.74. The monoisotopic (exact) mass is 312 g/mol. The molecule has 0 radical (unpaired) electrons. The molecule has 3 rings (SSSR count). The minimum atomic E-state index is -0.0940. The number of benzene rings is 1. The first kappa shape index (κ1) is 15.5. The van der Waals surface area contributed by atoms with Gasteiger partial charge >= 0.3 is 5.97 Å². The molecule has 1 aliphatic rings. The van der Waals surface area contributed by atoms with Crippen LogP contribution in [-0.4, -0.2) is 36.9 Å². The van der Waals surface area contributed by atoms with Gasteiger partial charge in [0.1, 0.15) is 0 Å². The number of piperidine rings is 1. The molecule has 0 spiro atoms. The highest BCUT2D eigenvalue weighted by molar-refractivity contribution is 5.98. The molecular formula is C18H20N2O3. The fourth-order valence-corrected chi connectivity index (χ4v) is 3.11. The Bertz CT molecular complexity index is 721. The molecule has 5 heteroatoms. The molecule has 0 bridgehead atoms. The fraction of sp³-hybridized carbons (Fsp3) is 0.389. The van der Waals surface area contributed by atoms with E-state index in [2.05, 4.69) is 16.0 Å². The lowest BCUT2D eigenvalue weighted by atomic mass is 9.96. The maximum Gasteiger partial charge on any atom is 0.309 e. The predicted molar refractivity (Wildman–Crippen MR) is 88.7 cm³/mol. The first-order valence-corrected chi connectivity index (χ1v) is 7.98. The molecule has 2 heterocycles. The Morgan fingerprint density at radius 3 is 2.87 bits per heavy atom. The standard InChI is InChI=1S/C18H20N2O3/c1-2-23-18(22)13-5-8-20(9-6-13)16-10-14-4-3-7-19-17(14)15(11-16)12-21/h3-4,7,10-13H,2,5-6,8-9H2,1H3. The Labute approximate surface area is 135 Å². The second-order valence-electron chi connectivity index (χ2n) is 5.74. The fourth-order valence-electron chi connectivity index (χ4n) is 3.11. The van der Waals surface area contributed by atoms with E-state index in [9.17, 15) is 9.59 Å². The average Bonchev–Trinajstić information content (AvgIpc) is 2.61. The third-order valence-electron chi connectivity index (χ3n) is 4.33. The SMILES string of the molecule is CCOC(=O)C1CCN(c2cc(C=O)c3ncccc3c2)CC1. The number of esters is 1.